The number of aromatic nitrogens is 1. The third-order valence-electron chi connectivity index (χ3n) is 4.17. The molecule has 6 heteroatoms. The van der Waals surface area contributed by atoms with Gasteiger partial charge in [0.15, 0.2) is 0 Å². The first-order valence-electron chi connectivity index (χ1n) is 6.73. The van der Waals surface area contributed by atoms with Gasteiger partial charge in [-0.05, 0) is 37.8 Å². The van der Waals surface area contributed by atoms with Crippen LogP contribution < -0.4 is 4.90 Å². The molecule has 1 aliphatic heterocycles. The molecule has 2 fully saturated rings. The van der Waals surface area contributed by atoms with Gasteiger partial charge in [0, 0.05) is 6.20 Å². The van der Waals surface area contributed by atoms with E-state index in [4.69, 9.17) is 9.84 Å². The summed E-state index contributed by atoms with van der Waals surface area (Å²) in [5.74, 6) is -1.07. The summed E-state index contributed by atoms with van der Waals surface area (Å²) in [5, 5.41) is 9.03. The zero-order valence-electron chi connectivity index (χ0n) is 11.0. The van der Waals surface area contributed by atoms with Gasteiger partial charge in [-0.25, -0.2) is 4.79 Å². The molecule has 2 aliphatic rings. The standard InChI is InChI=1S/C14H16N2O4/c17-12(18)10-3-5-14(6-4-10)9-16(13(19)20-14)11-2-1-7-15-8-11/h1-2,7-8,10H,3-6,9H2,(H,17,18)/t10-,14+. The van der Waals surface area contributed by atoms with E-state index in [0.29, 0.717) is 32.2 Å². The van der Waals surface area contributed by atoms with Gasteiger partial charge in [0.1, 0.15) is 5.60 Å². The van der Waals surface area contributed by atoms with E-state index < -0.39 is 11.6 Å². The van der Waals surface area contributed by atoms with Crippen molar-refractivity contribution < 1.29 is 19.4 Å². The number of anilines is 1. The van der Waals surface area contributed by atoms with Crippen molar-refractivity contribution in [2.75, 3.05) is 11.4 Å². The Morgan fingerprint density at radius 3 is 2.80 bits per heavy atom. The molecule has 1 aromatic heterocycles. The van der Waals surface area contributed by atoms with Crippen LogP contribution in [0.1, 0.15) is 25.7 Å². The third-order valence-corrected chi connectivity index (χ3v) is 4.17. The smallest absolute Gasteiger partial charge is 0.415 e. The molecule has 2 heterocycles. The van der Waals surface area contributed by atoms with Crippen LogP contribution in [0.25, 0.3) is 0 Å². The summed E-state index contributed by atoms with van der Waals surface area (Å²) < 4.78 is 5.55. The summed E-state index contributed by atoms with van der Waals surface area (Å²) in [7, 11) is 0. The maximum atomic E-state index is 12.0. The summed E-state index contributed by atoms with van der Waals surface area (Å²) in [6.07, 6.45) is 5.24. The molecule has 1 saturated heterocycles. The second kappa shape index (κ2) is 4.77. The Kier molecular flexibility index (Phi) is 3.08. The van der Waals surface area contributed by atoms with Crippen LogP contribution in [0, 0.1) is 5.92 Å². The highest BCUT2D eigenvalue weighted by Gasteiger charge is 2.48. The van der Waals surface area contributed by atoms with Gasteiger partial charge in [-0.15, -0.1) is 0 Å². The first-order chi connectivity index (χ1) is 9.60. The van der Waals surface area contributed by atoms with Gasteiger partial charge in [0.25, 0.3) is 0 Å². The number of aliphatic carboxylic acids is 1. The average molecular weight is 276 g/mol. The van der Waals surface area contributed by atoms with E-state index >= 15 is 0 Å². The molecule has 1 spiro atoms. The Hall–Kier alpha value is -2.11. The molecule has 0 atom stereocenters. The minimum Gasteiger partial charge on any atom is -0.481 e. The van der Waals surface area contributed by atoms with Gasteiger partial charge < -0.3 is 9.84 Å². The van der Waals surface area contributed by atoms with E-state index in [9.17, 15) is 9.59 Å². The number of carboxylic acids is 1. The predicted molar refractivity (Wildman–Crippen MR) is 70.4 cm³/mol. The van der Waals surface area contributed by atoms with E-state index in [-0.39, 0.29) is 12.0 Å². The van der Waals surface area contributed by atoms with Crippen molar-refractivity contribution in [1.29, 1.82) is 0 Å². The van der Waals surface area contributed by atoms with Crippen LogP contribution >= 0.6 is 0 Å². The highest BCUT2D eigenvalue weighted by atomic mass is 16.6. The maximum Gasteiger partial charge on any atom is 0.415 e. The second-order valence-electron chi connectivity index (χ2n) is 5.46. The van der Waals surface area contributed by atoms with Gasteiger partial charge in [0.2, 0.25) is 0 Å². The molecule has 6 nitrogen and oxygen atoms in total. The minimum atomic E-state index is -0.756. The molecule has 1 N–H and O–H groups in total. The Bertz CT molecular complexity index is 523. The fraction of sp³-hybridized carbons (Fsp3) is 0.500. The number of amides is 1. The van der Waals surface area contributed by atoms with Crippen molar-refractivity contribution in [2.45, 2.75) is 31.3 Å². The van der Waals surface area contributed by atoms with Crippen molar-refractivity contribution >= 4 is 17.7 Å². The fourth-order valence-corrected chi connectivity index (χ4v) is 2.99. The van der Waals surface area contributed by atoms with Crippen LogP contribution in [-0.2, 0) is 9.53 Å². The highest BCUT2D eigenvalue weighted by Crippen LogP contribution is 2.40. The van der Waals surface area contributed by atoms with Crippen LogP contribution in [0.5, 0.6) is 0 Å². The van der Waals surface area contributed by atoms with E-state index in [1.165, 1.54) is 0 Å². The summed E-state index contributed by atoms with van der Waals surface area (Å²) in [5.41, 5.74) is 0.188. The summed E-state index contributed by atoms with van der Waals surface area (Å²) in [6.45, 7) is 0.476. The predicted octanol–water partition coefficient (Wildman–Crippen LogP) is 2.05. The number of ether oxygens (including phenoxy) is 1. The number of carbonyl (C=O) groups is 2. The monoisotopic (exact) mass is 276 g/mol. The molecule has 1 amide bonds. The summed E-state index contributed by atoms with van der Waals surface area (Å²) in [6, 6.07) is 3.59. The van der Waals surface area contributed by atoms with Gasteiger partial charge in [-0.3, -0.25) is 14.7 Å². The molecule has 0 unspecified atom stereocenters. The van der Waals surface area contributed by atoms with Crippen molar-refractivity contribution in [3.63, 3.8) is 0 Å². The van der Waals surface area contributed by atoms with Crippen molar-refractivity contribution in [1.82, 2.24) is 4.98 Å². The van der Waals surface area contributed by atoms with Gasteiger partial charge >= 0.3 is 12.1 Å². The molecule has 0 bridgehead atoms. The Morgan fingerprint density at radius 2 is 2.20 bits per heavy atom. The van der Waals surface area contributed by atoms with Gasteiger partial charge in [0.05, 0.1) is 24.3 Å². The molecular weight excluding hydrogens is 260 g/mol. The number of hydrogen-bond donors (Lipinski definition) is 1. The largest absolute Gasteiger partial charge is 0.481 e. The minimum absolute atomic E-state index is 0.313. The molecule has 1 aromatic rings. The van der Waals surface area contributed by atoms with Crippen LogP contribution in [-0.4, -0.2) is 34.3 Å². The number of hydrogen-bond acceptors (Lipinski definition) is 4. The average Bonchev–Trinajstić information content (AvgIpc) is 2.77. The van der Waals surface area contributed by atoms with E-state index in [1.54, 1.807) is 23.4 Å². The quantitative estimate of drug-likeness (QED) is 0.894. The van der Waals surface area contributed by atoms with Gasteiger partial charge in [-0.2, -0.15) is 0 Å². The molecule has 0 aromatic carbocycles. The number of nitrogens with zero attached hydrogens (tertiary/aromatic N) is 2. The molecular formula is C14H16N2O4. The van der Waals surface area contributed by atoms with Crippen molar-refractivity contribution in [3.05, 3.63) is 24.5 Å². The lowest BCUT2D eigenvalue weighted by atomic mass is 9.79. The first-order valence-corrected chi connectivity index (χ1v) is 6.73. The number of pyridine rings is 1. The number of rotatable bonds is 2. The molecule has 1 saturated carbocycles. The zero-order valence-corrected chi connectivity index (χ0v) is 11.0. The lowest BCUT2D eigenvalue weighted by molar-refractivity contribution is -0.144. The van der Waals surface area contributed by atoms with Crippen molar-refractivity contribution in [2.24, 2.45) is 5.92 Å². The Morgan fingerprint density at radius 1 is 1.45 bits per heavy atom. The lowest BCUT2D eigenvalue weighted by Crippen LogP contribution is -2.40. The highest BCUT2D eigenvalue weighted by molar-refractivity contribution is 5.90. The lowest BCUT2D eigenvalue weighted by Gasteiger charge is -2.33. The molecule has 1 aliphatic carbocycles. The maximum absolute atomic E-state index is 12.0. The van der Waals surface area contributed by atoms with Crippen LogP contribution in [0.4, 0.5) is 10.5 Å². The number of carbonyl (C=O) groups excluding carboxylic acids is 1. The van der Waals surface area contributed by atoms with Crippen LogP contribution in [0.15, 0.2) is 24.5 Å². The first kappa shape index (κ1) is 12.9. The SMILES string of the molecule is O=C1O[C@]2(CC[C@@H](C(=O)O)CC2)CN1c1cccnc1. The summed E-state index contributed by atoms with van der Waals surface area (Å²) in [4.78, 5) is 28.6. The summed E-state index contributed by atoms with van der Waals surface area (Å²) >= 11 is 0. The number of carboxylic acid groups (broad SMARTS) is 1. The van der Waals surface area contributed by atoms with Crippen LogP contribution in [0.2, 0.25) is 0 Å². The second-order valence-corrected chi connectivity index (χ2v) is 5.46. The van der Waals surface area contributed by atoms with Crippen LogP contribution in [0.3, 0.4) is 0 Å². The Labute approximate surface area is 116 Å². The van der Waals surface area contributed by atoms with E-state index in [1.807, 2.05) is 6.07 Å². The fourth-order valence-electron chi connectivity index (χ4n) is 2.99. The molecule has 3 rings (SSSR count). The molecule has 106 valence electrons. The molecule has 20 heavy (non-hydrogen) atoms. The topological polar surface area (TPSA) is 79.7 Å². The Balaban J connectivity index is 1.73. The van der Waals surface area contributed by atoms with E-state index in [2.05, 4.69) is 4.98 Å². The zero-order chi connectivity index (χ0) is 14.2. The van der Waals surface area contributed by atoms with E-state index in [0.717, 1.165) is 5.69 Å². The van der Waals surface area contributed by atoms with Crippen molar-refractivity contribution in [3.8, 4) is 0 Å². The van der Waals surface area contributed by atoms with Gasteiger partial charge in [-0.1, -0.05) is 0 Å². The molecule has 0 radical (unpaired) electrons. The third kappa shape index (κ3) is 2.21. The normalized spacial score (nSPS) is 29.5.